The predicted molar refractivity (Wildman–Crippen MR) is 82.6 cm³/mol. The van der Waals surface area contributed by atoms with E-state index in [1.54, 1.807) is 0 Å². The lowest BCUT2D eigenvalue weighted by atomic mass is 9.81. The molecule has 1 heterocycles. The van der Waals surface area contributed by atoms with Crippen LogP contribution in [-0.4, -0.2) is 21.8 Å². The lowest BCUT2D eigenvalue weighted by molar-refractivity contribution is 0.243. The lowest BCUT2D eigenvalue weighted by Crippen LogP contribution is -2.42. The van der Waals surface area contributed by atoms with Crippen molar-refractivity contribution >= 4 is 10.8 Å². The van der Waals surface area contributed by atoms with E-state index in [0.717, 1.165) is 29.9 Å². The summed E-state index contributed by atoms with van der Waals surface area (Å²) in [5, 5.41) is 3.70. The molecule has 0 aromatic heterocycles. The van der Waals surface area contributed by atoms with Crippen molar-refractivity contribution in [3.05, 3.63) is 35.6 Å². The Kier molecular flexibility index (Phi) is 4.97. The van der Waals surface area contributed by atoms with Gasteiger partial charge in [0.15, 0.2) is 0 Å². The summed E-state index contributed by atoms with van der Waals surface area (Å²) in [7, 11) is -0.634. The quantitative estimate of drug-likeness (QED) is 0.926. The summed E-state index contributed by atoms with van der Waals surface area (Å²) in [4.78, 5) is 0. The van der Waals surface area contributed by atoms with Crippen LogP contribution in [0.2, 0.25) is 0 Å². The number of halogens is 1. The summed E-state index contributed by atoms with van der Waals surface area (Å²) < 4.78 is 24.5. The molecule has 0 aliphatic carbocycles. The molecule has 1 aliphatic rings. The zero-order chi connectivity index (χ0) is 14.8. The maximum absolute atomic E-state index is 13.1. The van der Waals surface area contributed by atoms with Crippen LogP contribution in [0.5, 0.6) is 0 Å². The van der Waals surface area contributed by atoms with Crippen LogP contribution >= 0.6 is 0 Å². The highest BCUT2D eigenvalue weighted by Crippen LogP contribution is 2.34. The van der Waals surface area contributed by atoms with Gasteiger partial charge in [0.1, 0.15) is 5.82 Å². The van der Waals surface area contributed by atoms with Gasteiger partial charge in [-0.3, -0.25) is 4.21 Å². The number of rotatable bonds is 3. The van der Waals surface area contributed by atoms with Crippen LogP contribution in [0.25, 0.3) is 0 Å². The Morgan fingerprint density at radius 3 is 2.25 bits per heavy atom. The van der Waals surface area contributed by atoms with Crippen LogP contribution in [0.4, 0.5) is 4.39 Å². The normalized spacial score (nSPS) is 25.4. The molecular weight excluding hydrogens is 273 g/mol. The fourth-order valence-electron chi connectivity index (χ4n) is 2.70. The Balaban J connectivity index is 2.12. The first-order valence-electron chi connectivity index (χ1n) is 7.23. The molecule has 0 radical (unpaired) electrons. The maximum atomic E-state index is 13.1. The molecule has 20 heavy (non-hydrogen) atoms. The predicted octanol–water partition coefficient (Wildman–Crippen LogP) is 3.41. The highest BCUT2D eigenvalue weighted by molar-refractivity contribution is 7.85. The van der Waals surface area contributed by atoms with E-state index in [1.165, 1.54) is 12.1 Å². The van der Waals surface area contributed by atoms with Gasteiger partial charge in [-0.15, -0.1) is 0 Å². The third-order valence-corrected chi connectivity index (χ3v) is 5.24. The molecular formula is C16H24FNOS. The molecule has 0 bridgehead atoms. The fraction of sp³-hybridized carbons (Fsp3) is 0.625. The van der Waals surface area contributed by atoms with Crippen LogP contribution in [0, 0.1) is 11.2 Å². The van der Waals surface area contributed by atoms with E-state index < -0.39 is 10.8 Å². The van der Waals surface area contributed by atoms with Crippen molar-refractivity contribution in [1.82, 2.24) is 5.32 Å². The van der Waals surface area contributed by atoms with Gasteiger partial charge >= 0.3 is 0 Å². The van der Waals surface area contributed by atoms with Crippen LogP contribution in [0.3, 0.4) is 0 Å². The van der Waals surface area contributed by atoms with E-state index in [-0.39, 0.29) is 17.3 Å². The van der Waals surface area contributed by atoms with Gasteiger partial charge in [0, 0.05) is 34.4 Å². The van der Waals surface area contributed by atoms with Gasteiger partial charge in [-0.25, -0.2) is 4.39 Å². The van der Waals surface area contributed by atoms with E-state index in [1.807, 2.05) is 12.1 Å². The summed E-state index contributed by atoms with van der Waals surface area (Å²) in [5.74, 6) is 1.38. The van der Waals surface area contributed by atoms with Gasteiger partial charge in [0.2, 0.25) is 0 Å². The SMILES string of the molecule is CC(C)(C)C(NC1CCS(=O)CC1)c1ccc(F)cc1. The summed E-state index contributed by atoms with van der Waals surface area (Å²) in [6.45, 7) is 6.57. The van der Waals surface area contributed by atoms with E-state index in [2.05, 4.69) is 26.1 Å². The third-order valence-electron chi connectivity index (χ3n) is 3.86. The second-order valence-electron chi connectivity index (χ2n) is 6.64. The van der Waals surface area contributed by atoms with Crippen LogP contribution in [0.15, 0.2) is 24.3 Å². The van der Waals surface area contributed by atoms with Crippen molar-refractivity contribution in [2.75, 3.05) is 11.5 Å². The monoisotopic (exact) mass is 297 g/mol. The zero-order valence-corrected chi connectivity index (χ0v) is 13.3. The number of hydrogen-bond donors (Lipinski definition) is 1. The van der Waals surface area contributed by atoms with Gasteiger partial charge in [0.05, 0.1) is 0 Å². The number of nitrogens with one attached hydrogen (secondary N) is 1. The molecule has 1 aromatic rings. The third kappa shape index (κ3) is 4.13. The van der Waals surface area contributed by atoms with Gasteiger partial charge in [-0.2, -0.15) is 0 Å². The smallest absolute Gasteiger partial charge is 0.123 e. The molecule has 2 rings (SSSR count). The van der Waals surface area contributed by atoms with Crippen LogP contribution in [-0.2, 0) is 10.8 Å². The van der Waals surface area contributed by atoms with E-state index in [9.17, 15) is 8.60 Å². The molecule has 4 heteroatoms. The molecule has 0 spiro atoms. The van der Waals surface area contributed by atoms with Crippen LogP contribution in [0.1, 0.15) is 45.2 Å². The molecule has 1 fully saturated rings. The average Bonchev–Trinajstić information content (AvgIpc) is 2.38. The standard InChI is InChI=1S/C16H24FNOS/c1-16(2,3)15(12-4-6-13(17)7-5-12)18-14-8-10-20(19)11-9-14/h4-7,14-15,18H,8-11H2,1-3H3. The number of hydrogen-bond acceptors (Lipinski definition) is 2. The van der Waals surface area contributed by atoms with Crippen molar-refractivity contribution in [1.29, 1.82) is 0 Å². The topological polar surface area (TPSA) is 29.1 Å². The van der Waals surface area contributed by atoms with Crippen molar-refractivity contribution in [2.45, 2.75) is 45.7 Å². The van der Waals surface area contributed by atoms with Gasteiger partial charge < -0.3 is 5.32 Å². The Labute approximate surface area is 123 Å². The van der Waals surface area contributed by atoms with E-state index in [4.69, 9.17) is 0 Å². The largest absolute Gasteiger partial charge is 0.307 e. The Hall–Kier alpha value is -0.740. The molecule has 2 nitrogen and oxygen atoms in total. The Morgan fingerprint density at radius 1 is 1.20 bits per heavy atom. The lowest BCUT2D eigenvalue weighted by Gasteiger charge is -2.36. The van der Waals surface area contributed by atoms with E-state index >= 15 is 0 Å². The minimum absolute atomic E-state index is 0.0500. The highest BCUT2D eigenvalue weighted by Gasteiger charge is 2.29. The second-order valence-corrected chi connectivity index (χ2v) is 8.34. The van der Waals surface area contributed by atoms with Gasteiger partial charge in [-0.1, -0.05) is 32.9 Å². The zero-order valence-electron chi connectivity index (χ0n) is 12.5. The Bertz CT molecular complexity index is 456. The molecule has 1 atom stereocenters. The summed E-state index contributed by atoms with van der Waals surface area (Å²) in [6.07, 6.45) is 1.92. The first-order valence-corrected chi connectivity index (χ1v) is 8.71. The Morgan fingerprint density at radius 2 is 1.75 bits per heavy atom. The average molecular weight is 297 g/mol. The molecule has 1 aliphatic heterocycles. The van der Waals surface area contributed by atoms with E-state index in [0.29, 0.717) is 6.04 Å². The van der Waals surface area contributed by atoms with Gasteiger partial charge in [0.25, 0.3) is 0 Å². The minimum atomic E-state index is -0.634. The molecule has 112 valence electrons. The molecule has 1 unspecified atom stereocenters. The molecule has 1 saturated heterocycles. The minimum Gasteiger partial charge on any atom is -0.307 e. The van der Waals surface area contributed by atoms with Crippen molar-refractivity contribution in [3.63, 3.8) is 0 Å². The highest BCUT2D eigenvalue weighted by atomic mass is 32.2. The van der Waals surface area contributed by atoms with Crippen molar-refractivity contribution < 1.29 is 8.60 Å². The second kappa shape index (κ2) is 6.35. The molecule has 1 N–H and O–H groups in total. The molecule has 1 aromatic carbocycles. The molecule has 0 amide bonds. The van der Waals surface area contributed by atoms with Crippen LogP contribution < -0.4 is 5.32 Å². The summed E-state index contributed by atoms with van der Waals surface area (Å²) in [5.41, 5.74) is 1.17. The number of benzene rings is 1. The summed E-state index contributed by atoms with van der Waals surface area (Å²) >= 11 is 0. The fourth-order valence-corrected chi connectivity index (χ4v) is 4.00. The first-order chi connectivity index (χ1) is 9.36. The van der Waals surface area contributed by atoms with Crippen molar-refractivity contribution in [3.8, 4) is 0 Å². The summed E-state index contributed by atoms with van der Waals surface area (Å²) in [6, 6.07) is 7.34. The maximum Gasteiger partial charge on any atom is 0.123 e. The first kappa shape index (κ1) is 15.6. The van der Waals surface area contributed by atoms with Crippen molar-refractivity contribution in [2.24, 2.45) is 5.41 Å². The van der Waals surface area contributed by atoms with Gasteiger partial charge in [-0.05, 0) is 36.0 Å². The molecule has 0 saturated carbocycles.